The Hall–Kier alpha value is -1.73. The highest BCUT2D eigenvalue weighted by molar-refractivity contribution is 6.28. The summed E-state index contributed by atoms with van der Waals surface area (Å²) in [5, 5.41) is 4.31. The molecule has 1 aliphatic rings. The predicted octanol–water partition coefficient (Wildman–Crippen LogP) is 0.851. The third-order valence-electron chi connectivity index (χ3n) is 3.38. The van der Waals surface area contributed by atoms with Gasteiger partial charge in [0.2, 0.25) is 11.2 Å². The van der Waals surface area contributed by atoms with Gasteiger partial charge >= 0.3 is 0 Å². The predicted molar refractivity (Wildman–Crippen MR) is 76.3 cm³/mol. The van der Waals surface area contributed by atoms with Crippen LogP contribution in [-0.4, -0.2) is 62.4 Å². The highest BCUT2D eigenvalue weighted by Crippen LogP contribution is 2.18. The monoisotopic (exact) mass is 293 g/mol. The van der Waals surface area contributed by atoms with Gasteiger partial charge in [-0.15, -0.1) is 0 Å². The van der Waals surface area contributed by atoms with Crippen molar-refractivity contribution in [2.45, 2.75) is 13.0 Å². The van der Waals surface area contributed by atoms with Crippen LogP contribution in [0.5, 0.6) is 0 Å². The number of piperazine rings is 1. The summed E-state index contributed by atoms with van der Waals surface area (Å²) in [6.45, 7) is 4.97. The van der Waals surface area contributed by atoms with Crippen LogP contribution in [0, 0.1) is 0 Å². The Balaban J connectivity index is 1.94. The van der Waals surface area contributed by atoms with Crippen LogP contribution in [0.15, 0.2) is 18.5 Å². The van der Waals surface area contributed by atoms with Crippen molar-refractivity contribution in [1.29, 1.82) is 0 Å². The first kappa shape index (κ1) is 13.3. The minimum absolute atomic E-state index is 0.187. The maximum Gasteiger partial charge on any atom is 0.256 e. The number of likely N-dealkylation sites (N-methyl/N-ethyl adjacent to an activating group) is 1. The number of halogens is 1. The summed E-state index contributed by atoms with van der Waals surface area (Å²) >= 11 is 6.02. The Morgan fingerprint density at radius 1 is 1.20 bits per heavy atom. The number of anilines is 1. The van der Waals surface area contributed by atoms with Crippen molar-refractivity contribution in [3.05, 3.63) is 23.7 Å². The number of rotatable bonds is 2. The highest BCUT2D eigenvalue weighted by Gasteiger charge is 2.24. The number of hydrogen-bond acceptors (Lipinski definition) is 6. The molecule has 2 aromatic heterocycles. The summed E-state index contributed by atoms with van der Waals surface area (Å²) < 4.78 is 1.58. The Labute approximate surface area is 122 Å². The van der Waals surface area contributed by atoms with E-state index in [1.165, 1.54) is 0 Å². The molecule has 3 heterocycles. The zero-order chi connectivity index (χ0) is 14.1. The maximum absolute atomic E-state index is 6.02. The molecular weight excluding hydrogens is 278 g/mol. The molecule has 1 atom stereocenters. The van der Waals surface area contributed by atoms with E-state index in [2.05, 4.69) is 43.8 Å². The second kappa shape index (κ2) is 5.34. The average molecular weight is 294 g/mol. The van der Waals surface area contributed by atoms with Crippen LogP contribution < -0.4 is 4.90 Å². The van der Waals surface area contributed by atoms with Gasteiger partial charge < -0.3 is 9.80 Å². The van der Waals surface area contributed by atoms with E-state index in [1.54, 1.807) is 17.1 Å². The fourth-order valence-corrected chi connectivity index (χ4v) is 2.54. The van der Waals surface area contributed by atoms with Gasteiger partial charge in [-0.1, -0.05) is 0 Å². The first-order valence-corrected chi connectivity index (χ1v) is 6.88. The third kappa shape index (κ3) is 2.59. The Bertz CT molecular complexity index is 585. The van der Waals surface area contributed by atoms with Gasteiger partial charge in [0, 0.05) is 38.1 Å². The van der Waals surface area contributed by atoms with E-state index in [4.69, 9.17) is 11.6 Å². The summed E-state index contributed by atoms with van der Waals surface area (Å²) in [7, 11) is 2.11. The molecule has 0 saturated carbocycles. The standard InChI is InChI=1S/C12H16ClN7/c1-9-8-18(2)6-7-19(9)11-15-10(13)16-12(17-11)20-5-3-4-14-20/h3-5,9H,6-8H2,1-2H3. The van der Waals surface area contributed by atoms with E-state index in [-0.39, 0.29) is 5.28 Å². The molecule has 1 fully saturated rings. The number of aromatic nitrogens is 5. The minimum atomic E-state index is 0.187. The fourth-order valence-electron chi connectivity index (χ4n) is 2.38. The molecule has 0 amide bonds. The lowest BCUT2D eigenvalue weighted by molar-refractivity contribution is 0.273. The number of hydrogen-bond donors (Lipinski definition) is 0. The van der Waals surface area contributed by atoms with E-state index in [1.807, 2.05) is 6.07 Å². The van der Waals surface area contributed by atoms with Crippen LogP contribution >= 0.6 is 11.6 Å². The second-order valence-corrected chi connectivity index (χ2v) is 5.30. The molecule has 0 bridgehead atoms. The van der Waals surface area contributed by atoms with E-state index in [0.29, 0.717) is 17.9 Å². The van der Waals surface area contributed by atoms with E-state index in [9.17, 15) is 0 Å². The molecule has 20 heavy (non-hydrogen) atoms. The SMILES string of the molecule is CC1CN(C)CCN1c1nc(Cl)nc(-n2cccn2)n1. The molecule has 1 aliphatic heterocycles. The van der Waals surface area contributed by atoms with Crippen LogP contribution in [-0.2, 0) is 0 Å². The minimum Gasteiger partial charge on any atom is -0.335 e. The first-order valence-electron chi connectivity index (χ1n) is 6.50. The van der Waals surface area contributed by atoms with Crippen molar-refractivity contribution < 1.29 is 0 Å². The fraction of sp³-hybridized carbons (Fsp3) is 0.500. The van der Waals surface area contributed by atoms with Crippen LogP contribution in [0.2, 0.25) is 5.28 Å². The average Bonchev–Trinajstić information content (AvgIpc) is 2.91. The van der Waals surface area contributed by atoms with Crippen molar-refractivity contribution in [1.82, 2.24) is 29.6 Å². The summed E-state index contributed by atoms with van der Waals surface area (Å²) in [5.74, 6) is 1.05. The van der Waals surface area contributed by atoms with Crippen molar-refractivity contribution in [2.24, 2.45) is 0 Å². The molecule has 3 rings (SSSR count). The van der Waals surface area contributed by atoms with E-state index < -0.39 is 0 Å². The molecule has 0 spiro atoms. The molecule has 0 aliphatic carbocycles. The van der Waals surface area contributed by atoms with Crippen molar-refractivity contribution in [3.63, 3.8) is 0 Å². The normalized spacial score (nSPS) is 20.4. The molecule has 0 N–H and O–H groups in total. The van der Waals surface area contributed by atoms with Gasteiger partial charge in [-0.25, -0.2) is 4.68 Å². The Kier molecular flexibility index (Phi) is 3.54. The lowest BCUT2D eigenvalue weighted by atomic mass is 10.2. The molecule has 2 aromatic rings. The van der Waals surface area contributed by atoms with Crippen LogP contribution in [0.25, 0.3) is 5.95 Å². The maximum atomic E-state index is 6.02. The zero-order valence-electron chi connectivity index (χ0n) is 11.4. The van der Waals surface area contributed by atoms with Gasteiger partial charge in [0.15, 0.2) is 0 Å². The van der Waals surface area contributed by atoms with Crippen LogP contribution in [0.3, 0.4) is 0 Å². The van der Waals surface area contributed by atoms with Gasteiger partial charge in [0.05, 0.1) is 0 Å². The van der Waals surface area contributed by atoms with Gasteiger partial charge in [-0.2, -0.15) is 20.1 Å². The van der Waals surface area contributed by atoms with Crippen LogP contribution in [0.4, 0.5) is 5.95 Å². The van der Waals surface area contributed by atoms with Crippen molar-refractivity contribution in [2.75, 3.05) is 31.6 Å². The summed E-state index contributed by atoms with van der Waals surface area (Å²) in [4.78, 5) is 17.3. The molecule has 7 nitrogen and oxygen atoms in total. The highest BCUT2D eigenvalue weighted by atomic mass is 35.5. The first-order chi connectivity index (χ1) is 9.63. The smallest absolute Gasteiger partial charge is 0.256 e. The van der Waals surface area contributed by atoms with Gasteiger partial charge in [0.25, 0.3) is 5.95 Å². The molecule has 0 aromatic carbocycles. The molecule has 1 saturated heterocycles. The van der Waals surface area contributed by atoms with E-state index in [0.717, 1.165) is 19.6 Å². The zero-order valence-corrected chi connectivity index (χ0v) is 12.2. The molecule has 0 radical (unpaired) electrons. The molecular formula is C12H16ClN7. The number of nitrogens with zero attached hydrogens (tertiary/aromatic N) is 7. The quantitative estimate of drug-likeness (QED) is 0.818. The lowest BCUT2D eigenvalue weighted by Gasteiger charge is -2.38. The van der Waals surface area contributed by atoms with Crippen molar-refractivity contribution in [3.8, 4) is 5.95 Å². The summed E-state index contributed by atoms with van der Waals surface area (Å²) in [6, 6.07) is 2.15. The van der Waals surface area contributed by atoms with E-state index >= 15 is 0 Å². The Morgan fingerprint density at radius 2 is 2.00 bits per heavy atom. The summed E-state index contributed by atoms with van der Waals surface area (Å²) in [5.41, 5.74) is 0. The molecule has 106 valence electrons. The largest absolute Gasteiger partial charge is 0.335 e. The van der Waals surface area contributed by atoms with Gasteiger partial charge in [-0.3, -0.25) is 0 Å². The van der Waals surface area contributed by atoms with Gasteiger partial charge in [-0.05, 0) is 31.6 Å². The van der Waals surface area contributed by atoms with Crippen LogP contribution in [0.1, 0.15) is 6.92 Å². The lowest BCUT2D eigenvalue weighted by Crippen LogP contribution is -2.51. The van der Waals surface area contributed by atoms with Gasteiger partial charge in [0.1, 0.15) is 0 Å². The molecule has 8 heteroatoms. The topological polar surface area (TPSA) is 63.0 Å². The van der Waals surface area contributed by atoms with Crippen molar-refractivity contribution >= 4 is 17.5 Å². The second-order valence-electron chi connectivity index (χ2n) is 4.96. The third-order valence-corrected chi connectivity index (χ3v) is 3.55. The Morgan fingerprint density at radius 3 is 2.70 bits per heavy atom. The summed E-state index contributed by atoms with van der Waals surface area (Å²) in [6.07, 6.45) is 3.46. The molecule has 1 unspecified atom stereocenters.